The number of phosphoric ester groups is 3. The molecule has 27 nitrogen and oxygen atoms in total. The second kappa shape index (κ2) is 21.2. The first-order valence-corrected chi connectivity index (χ1v) is 23.3. The summed E-state index contributed by atoms with van der Waals surface area (Å²) < 4.78 is 67.1. The van der Waals surface area contributed by atoms with Gasteiger partial charge in [0.15, 0.2) is 40.1 Å². The van der Waals surface area contributed by atoms with Crippen molar-refractivity contribution >= 4 is 74.9 Å². The SMILES string of the molecule is COc1cc(C(=O)CC(=O)SCCNC(=O)CCNC(=O)C(O)C(C)(C)COP(=O)(O)OP(=O)(O)OC[C@H]2O[C@@H](n3cnc4c(N)ncnc43)[C@H](O)[C@@H]2OP(=O)(O)O)ccc1O. The lowest BCUT2D eigenvalue weighted by Gasteiger charge is -2.30. The number of fused-ring (bicyclic) bond motifs is 1. The Kier molecular flexibility index (Phi) is 17.3. The van der Waals surface area contributed by atoms with E-state index in [0.717, 1.165) is 29.0 Å². The van der Waals surface area contributed by atoms with Crippen LogP contribution in [0.15, 0.2) is 30.9 Å². The maximum absolute atomic E-state index is 12.7. The highest BCUT2D eigenvalue weighted by molar-refractivity contribution is 8.13. The van der Waals surface area contributed by atoms with E-state index in [0.29, 0.717) is 0 Å². The molecule has 4 rings (SSSR count). The van der Waals surface area contributed by atoms with Crippen LogP contribution in [0.1, 0.15) is 43.3 Å². The molecule has 1 aromatic carbocycles. The molecule has 62 heavy (non-hydrogen) atoms. The van der Waals surface area contributed by atoms with Gasteiger partial charge < -0.3 is 60.7 Å². The highest BCUT2D eigenvalue weighted by Gasteiger charge is 2.50. The van der Waals surface area contributed by atoms with Gasteiger partial charge in [0.25, 0.3) is 0 Å². The number of thioether (sulfide) groups is 1. The molecule has 1 saturated heterocycles. The number of hydrogen-bond acceptors (Lipinski definition) is 21. The number of phosphoric acid groups is 3. The number of nitrogens with one attached hydrogen (secondary N) is 2. The summed E-state index contributed by atoms with van der Waals surface area (Å²) in [6.07, 6.45) is -7.60. The van der Waals surface area contributed by atoms with Crippen molar-refractivity contribution in [3.05, 3.63) is 36.4 Å². The number of rotatable bonds is 23. The van der Waals surface area contributed by atoms with E-state index in [1.165, 1.54) is 39.2 Å². The van der Waals surface area contributed by atoms with Gasteiger partial charge in [0.05, 0.1) is 33.1 Å². The highest BCUT2D eigenvalue weighted by Crippen LogP contribution is 2.61. The number of aliphatic hydroxyl groups excluding tert-OH is 2. The van der Waals surface area contributed by atoms with Gasteiger partial charge >= 0.3 is 23.5 Å². The highest BCUT2D eigenvalue weighted by atomic mass is 32.2. The van der Waals surface area contributed by atoms with Gasteiger partial charge in [0.1, 0.15) is 36.3 Å². The zero-order valence-electron chi connectivity index (χ0n) is 32.8. The number of amides is 2. The van der Waals surface area contributed by atoms with Gasteiger partial charge in [0, 0.05) is 36.2 Å². The van der Waals surface area contributed by atoms with Crippen LogP contribution < -0.4 is 21.1 Å². The second-order valence-corrected chi connectivity index (χ2v) is 19.2. The number of hydrogen-bond donors (Lipinski definition) is 10. The standard InChI is InChI=1S/C31H44N7O20P3S/c1-31(2,26(44)29(45)34-7-6-21(41)33-8-9-62-22(42)11-18(40)16-4-5-17(39)19(10-16)53-3)13-55-61(51,52)58-60(49,50)54-12-20-25(57-59(46,47)48)24(43)30(56-20)38-15-37-23-27(32)35-14-36-28(23)38/h4-5,10,14-15,20,24-26,30,39,43-44H,6-9,11-13H2,1-3H3,(H,33,41)(H,34,45)(H,49,50)(H,51,52)(H2,32,35,36)(H2,46,47,48)/t20-,24-,25-,26?,30-/m1/s1. The summed E-state index contributed by atoms with van der Waals surface area (Å²) in [6.45, 7) is 0.123. The van der Waals surface area contributed by atoms with Crippen molar-refractivity contribution in [2.45, 2.75) is 57.3 Å². The molecule has 2 aromatic heterocycles. The first-order chi connectivity index (χ1) is 28.8. The van der Waals surface area contributed by atoms with Crippen LogP contribution >= 0.6 is 35.2 Å². The van der Waals surface area contributed by atoms with E-state index in [-0.39, 0.29) is 59.3 Å². The lowest BCUT2D eigenvalue weighted by molar-refractivity contribution is -0.137. The fraction of sp³-hybridized carbons (Fsp3) is 0.516. The second-order valence-electron chi connectivity index (χ2n) is 13.8. The topological polar surface area (TPSA) is 410 Å². The molecular formula is C31H44N7O20P3S. The molecule has 1 aliphatic heterocycles. The van der Waals surface area contributed by atoms with Crippen molar-refractivity contribution in [2.75, 3.05) is 44.9 Å². The van der Waals surface area contributed by atoms with E-state index in [2.05, 4.69) is 34.4 Å². The molecule has 0 spiro atoms. The van der Waals surface area contributed by atoms with E-state index < -0.39 is 102 Å². The molecule has 31 heteroatoms. The number of aliphatic hydroxyl groups is 2. The number of nitrogens with two attached hydrogens (primary N) is 1. The Morgan fingerprint density at radius 3 is 2.40 bits per heavy atom. The average molecular weight is 960 g/mol. The van der Waals surface area contributed by atoms with Crippen molar-refractivity contribution < 1.29 is 95.1 Å². The van der Waals surface area contributed by atoms with Crippen LogP contribution in [0.5, 0.6) is 11.5 Å². The molecule has 3 aromatic rings. The smallest absolute Gasteiger partial charge is 0.481 e. The summed E-state index contributed by atoms with van der Waals surface area (Å²) >= 11 is 0.805. The number of aromatic hydroxyl groups is 1. The zero-order valence-corrected chi connectivity index (χ0v) is 36.3. The molecule has 344 valence electrons. The Labute approximate surface area is 355 Å². The van der Waals surface area contributed by atoms with E-state index in [1.54, 1.807) is 0 Å². The van der Waals surface area contributed by atoms with Crippen LogP contribution in [0, 0.1) is 5.41 Å². The fourth-order valence-corrected chi connectivity index (χ4v) is 8.92. The normalized spacial score (nSPS) is 20.5. The minimum Gasteiger partial charge on any atom is -0.504 e. The number of benzene rings is 1. The number of imidazole rings is 1. The van der Waals surface area contributed by atoms with Crippen LogP contribution in [0.3, 0.4) is 0 Å². The van der Waals surface area contributed by atoms with Gasteiger partial charge in [-0.25, -0.2) is 28.6 Å². The lowest BCUT2D eigenvalue weighted by atomic mass is 9.87. The van der Waals surface area contributed by atoms with Crippen LogP contribution in [0.4, 0.5) is 5.82 Å². The Hall–Kier alpha value is -3.95. The first-order valence-electron chi connectivity index (χ1n) is 17.8. The molecule has 11 N–H and O–H groups in total. The van der Waals surface area contributed by atoms with Gasteiger partial charge in [-0.05, 0) is 18.2 Å². The van der Waals surface area contributed by atoms with Crippen LogP contribution in [-0.4, -0.2) is 141 Å². The van der Waals surface area contributed by atoms with E-state index in [9.17, 15) is 67.8 Å². The number of nitrogen functional groups attached to an aromatic ring is 1. The third kappa shape index (κ3) is 14.3. The summed E-state index contributed by atoms with van der Waals surface area (Å²) in [7, 11) is -15.2. The van der Waals surface area contributed by atoms with Crippen molar-refractivity contribution in [3.63, 3.8) is 0 Å². The number of carbonyl (C=O) groups excluding carboxylic acids is 4. The molecule has 2 amide bonds. The van der Waals surface area contributed by atoms with Gasteiger partial charge in [-0.3, -0.25) is 37.3 Å². The molecule has 1 aliphatic rings. The monoisotopic (exact) mass is 959 g/mol. The minimum atomic E-state index is -5.60. The number of nitrogens with zero attached hydrogens (tertiary/aromatic N) is 4. The Balaban J connectivity index is 1.19. The molecule has 1 fully saturated rings. The largest absolute Gasteiger partial charge is 0.504 e. The third-order valence-electron chi connectivity index (χ3n) is 8.57. The van der Waals surface area contributed by atoms with Crippen LogP contribution in [0.2, 0.25) is 0 Å². The maximum Gasteiger partial charge on any atom is 0.481 e. The summed E-state index contributed by atoms with van der Waals surface area (Å²) in [5.41, 5.74) is 4.35. The molecular weight excluding hydrogens is 915 g/mol. The van der Waals surface area contributed by atoms with E-state index >= 15 is 0 Å². The van der Waals surface area contributed by atoms with Crippen molar-refractivity contribution in [1.29, 1.82) is 0 Å². The van der Waals surface area contributed by atoms with Gasteiger partial charge in [-0.2, -0.15) is 4.31 Å². The van der Waals surface area contributed by atoms with Crippen molar-refractivity contribution in [3.8, 4) is 11.5 Å². The molecule has 0 saturated carbocycles. The average Bonchev–Trinajstić information content (AvgIpc) is 3.74. The summed E-state index contributed by atoms with van der Waals surface area (Å²) in [5, 5.41) is 35.5. The predicted molar refractivity (Wildman–Crippen MR) is 211 cm³/mol. The van der Waals surface area contributed by atoms with Crippen molar-refractivity contribution in [1.82, 2.24) is 30.2 Å². The number of methoxy groups -OCH3 is 1. The predicted octanol–water partition coefficient (Wildman–Crippen LogP) is -0.348. The Bertz CT molecular complexity index is 2260. The molecule has 3 unspecified atom stereocenters. The van der Waals surface area contributed by atoms with Gasteiger partial charge in [0.2, 0.25) is 11.8 Å². The molecule has 0 radical (unpaired) electrons. The summed E-state index contributed by atoms with van der Waals surface area (Å²) in [5.74, 6) is -2.10. The maximum atomic E-state index is 12.7. The van der Waals surface area contributed by atoms with Gasteiger partial charge in [-0.1, -0.05) is 25.6 Å². The number of carbonyl (C=O) groups is 4. The van der Waals surface area contributed by atoms with E-state index in [4.69, 9.17) is 24.3 Å². The Morgan fingerprint density at radius 1 is 1.03 bits per heavy atom. The number of ketones is 1. The van der Waals surface area contributed by atoms with Crippen molar-refractivity contribution in [2.24, 2.45) is 5.41 Å². The van der Waals surface area contributed by atoms with Crippen LogP contribution in [0.25, 0.3) is 11.2 Å². The summed E-state index contributed by atoms with van der Waals surface area (Å²) in [6, 6.07) is 3.91. The molecule has 7 atom stereocenters. The molecule has 0 bridgehead atoms. The summed E-state index contributed by atoms with van der Waals surface area (Å²) in [4.78, 5) is 100. The first kappa shape index (κ1) is 50.7. The van der Waals surface area contributed by atoms with Crippen LogP contribution in [-0.2, 0) is 50.7 Å². The number of anilines is 1. The number of ether oxygens (including phenoxy) is 2. The minimum absolute atomic E-state index is 0.0163. The fourth-order valence-electron chi connectivity index (χ4n) is 5.43. The van der Waals surface area contributed by atoms with E-state index in [1.807, 2.05) is 0 Å². The number of aromatic nitrogens is 4. The quantitative estimate of drug-likeness (QED) is 0.0251. The lowest BCUT2D eigenvalue weighted by Crippen LogP contribution is -2.46. The molecule has 3 heterocycles. The number of Topliss-reactive ketones (excluding diaryl/α,β-unsaturated/α-hetero) is 1. The van der Waals surface area contributed by atoms with Gasteiger partial charge in [-0.15, -0.1) is 0 Å². The Morgan fingerprint density at radius 2 is 1.73 bits per heavy atom. The molecule has 0 aliphatic carbocycles. The number of phenolic OH excluding ortho intramolecular Hbond substituents is 1. The number of phenols is 1. The third-order valence-corrected chi connectivity index (χ3v) is 12.5. The zero-order chi connectivity index (χ0) is 46.2.